The van der Waals surface area contributed by atoms with Gasteiger partial charge in [-0.15, -0.1) is 0 Å². The number of benzene rings is 1. The highest BCUT2D eigenvalue weighted by atomic mass is 16.4. The predicted octanol–water partition coefficient (Wildman–Crippen LogP) is 0.359. The Labute approximate surface area is 145 Å². The van der Waals surface area contributed by atoms with Crippen LogP contribution >= 0.6 is 0 Å². The number of rotatable bonds is 7. The molecule has 1 aromatic carbocycles. The molecule has 0 spiro atoms. The van der Waals surface area contributed by atoms with Gasteiger partial charge in [0.15, 0.2) is 5.58 Å². The van der Waals surface area contributed by atoms with E-state index in [9.17, 15) is 19.8 Å². The number of unbranched alkanes of at least 4 members (excludes halogenated alkanes) is 1. The van der Waals surface area contributed by atoms with Crippen molar-refractivity contribution in [3.63, 3.8) is 0 Å². The van der Waals surface area contributed by atoms with Crippen LogP contribution in [0.1, 0.15) is 49.3 Å². The van der Waals surface area contributed by atoms with Crippen LogP contribution in [0.5, 0.6) is 5.75 Å². The molecule has 2 aromatic rings. The zero-order chi connectivity index (χ0) is 18.0. The Morgan fingerprint density at radius 2 is 2.12 bits per heavy atom. The van der Waals surface area contributed by atoms with Crippen LogP contribution in [-0.2, 0) is 24.2 Å². The Kier molecular flexibility index (Phi) is 5.08. The third-order valence-corrected chi connectivity index (χ3v) is 5.00. The Bertz CT molecular complexity index is 855. The average molecular weight is 345 g/mol. The van der Waals surface area contributed by atoms with Crippen LogP contribution < -0.4 is 16.0 Å². The molecule has 1 heterocycles. The van der Waals surface area contributed by atoms with Crippen LogP contribution in [-0.4, -0.2) is 17.1 Å². The Hall–Kier alpha value is -2.34. The number of phenols is 1. The van der Waals surface area contributed by atoms with E-state index < -0.39 is 12.0 Å². The average Bonchev–Trinajstić information content (AvgIpc) is 3.07. The van der Waals surface area contributed by atoms with Crippen molar-refractivity contribution in [2.45, 2.75) is 58.0 Å². The zero-order valence-electron chi connectivity index (χ0n) is 14.3. The Morgan fingerprint density at radius 3 is 2.84 bits per heavy atom. The second-order valence-corrected chi connectivity index (χ2v) is 6.65. The maximum Gasteiger partial charge on any atom is 0.339 e. The third kappa shape index (κ3) is 3.39. The lowest BCUT2D eigenvalue weighted by Crippen LogP contribution is -2.91. The SMILES string of the molecule is CCCCC([NH2+]Cc1c(O)ccc2c3c(c(=O)oc12)CCC3)C(=O)[O-]. The monoisotopic (exact) mass is 345 g/mol. The van der Waals surface area contributed by atoms with Crippen molar-refractivity contribution in [3.05, 3.63) is 39.2 Å². The fraction of sp³-hybridized carbons (Fsp3) is 0.474. The molecule has 6 heteroatoms. The summed E-state index contributed by atoms with van der Waals surface area (Å²) in [5, 5.41) is 24.0. The smallest absolute Gasteiger partial charge is 0.339 e. The van der Waals surface area contributed by atoms with Crippen molar-refractivity contribution < 1.29 is 24.7 Å². The van der Waals surface area contributed by atoms with Crippen LogP contribution in [0.3, 0.4) is 0 Å². The molecular weight excluding hydrogens is 322 g/mol. The van der Waals surface area contributed by atoms with Gasteiger partial charge in [-0.1, -0.05) is 13.3 Å². The quantitative estimate of drug-likeness (QED) is 0.705. The highest BCUT2D eigenvalue weighted by Crippen LogP contribution is 2.32. The summed E-state index contributed by atoms with van der Waals surface area (Å²) < 4.78 is 5.49. The standard InChI is InChI=1S/C19H23NO5/c1-2-3-7-15(18(22)23)20-10-14-16(21)9-8-12-11-5-4-6-13(11)19(24)25-17(12)14/h8-9,15,20-21H,2-7,10H2,1H3,(H,22,23). The van der Waals surface area contributed by atoms with Gasteiger partial charge in [0, 0.05) is 17.4 Å². The molecule has 25 heavy (non-hydrogen) atoms. The second-order valence-electron chi connectivity index (χ2n) is 6.65. The normalized spacial score (nSPS) is 14.6. The van der Waals surface area contributed by atoms with Gasteiger partial charge in [0.1, 0.15) is 18.3 Å². The van der Waals surface area contributed by atoms with Crippen molar-refractivity contribution in [2.24, 2.45) is 0 Å². The minimum atomic E-state index is -1.12. The van der Waals surface area contributed by atoms with Crippen LogP contribution in [0, 0.1) is 0 Å². The van der Waals surface area contributed by atoms with Gasteiger partial charge in [-0.05, 0) is 43.4 Å². The molecule has 1 aliphatic rings. The minimum absolute atomic E-state index is 0.0115. The zero-order valence-corrected chi connectivity index (χ0v) is 14.3. The lowest BCUT2D eigenvalue weighted by Gasteiger charge is -2.17. The van der Waals surface area contributed by atoms with Gasteiger partial charge < -0.3 is 24.7 Å². The number of aliphatic carboxylic acids is 1. The predicted molar refractivity (Wildman–Crippen MR) is 90.1 cm³/mol. The molecule has 3 rings (SSSR count). The largest absolute Gasteiger partial charge is 0.544 e. The number of phenolic OH excluding ortho intramolecular Hbond substituents is 1. The molecule has 1 atom stereocenters. The van der Waals surface area contributed by atoms with Crippen molar-refractivity contribution in [2.75, 3.05) is 0 Å². The summed E-state index contributed by atoms with van der Waals surface area (Å²) in [6.07, 6.45) is 4.66. The molecule has 1 aliphatic carbocycles. The van der Waals surface area contributed by atoms with Gasteiger partial charge in [0.05, 0.1) is 11.5 Å². The highest BCUT2D eigenvalue weighted by Gasteiger charge is 2.23. The number of fused-ring (bicyclic) bond motifs is 3. The minimum Gasteiger partial charge on any atom is -0.544 e. The maximum atomic E-state index is 12.2. The lowest BCUT2D eigenvalue weighted by atomic mass is 10.0. The first kappa shape index (κ1) is 17.5. The number of aryl methyl sites for hydroxylation is 1. The van der Waals surface area contributed by atoms with Gasteiger partial charge in [0.25, 0.3) is 0 Å². The first-order valence-corrected chi connectivity index (χ1v) is 8.86. The molecule has 0 radical (unpaired) electrons. The molecule has 0 fully saturated rings. The summed E-state index contributed by atoms with van der Waals surface area (Å²) in [4.78, 5) is 23.5. The van der Waals surface area contributed by atoms with E-state index in [1.165, 1.54) is 0 Å². The van der Waals surface area contributed by atoms with Crippen molar-refractivity contribution in [3.8, 4) is 5.75 Å². The van der Waals surface area contributed by atoms with Crippen LogP contribution in [0.4, 0.5) is 0 Å². The molecule has 1 aromatic heterocycles. The number of carbonyl (C=O) groups excluding carboxylic acids is 1. The first-order valence-electron chi connectivity index (χ1n) is 8.86. The summed E-state index contributed by atoms with van der Waals surface area (Å²) in [5.74, 6) is -1.10. The van der Waals surface area contributed by atoms with E-state index in [4.69, 9.17) is 4.42 Å². The van der Waals surface area contributed by atoms with Gasteiger partial charge >= 0.3 is 5.63 Å². The molecular formula is C19H23NO5. The summed E-state index contributed by atoms with van der Waals surface area (Å²) in [5.41, 5.74) is 2.20. The van der Waals surface area contributed by atoms with Crippen molar-refractivity contribution in [1.82, 2.24) is 0 Å². The fourth-order valence-corrected chi connectivity index (χ4v) is 3.61. The molecule has 0 saturated carbocycles. The summed E-state index contributed by atoms with van der Waals surface area (Å²) in [7, 11) is 0. The van der Waals surface area contributed by atoms with Crippen molar-refractivity contribution in [1.29, 1.82) is 0 Å². The summed E-state index contributed by atoms with van der Waals surface area (Å²) in [6, 6.07) is 2.68. The molecule has 0 bridgehead atoms. The summed E-state index contributed by atoms with van der Waals surface area (Å²) in [6.45, 7) is 2.21. The van der Waals surface area contributed by atoms with Crippen LogP contribution in [0.25, 0.3) is 11.0 Å². The number of carboxylic acid groups (broad SMARTS) is 1. The molecule has 6 nitrogen and oxygen atoms in total. The number of hydrogen-bond donors (Lipinski definition) is 2. The number of carboxylic acids is 1. The van der Waals surface area contributed by atoms with Gasteiger partial charge in [-0.2, -0.15) is 0 Å². The van der Waals surface area contributed by atoms with Crippen LogP contribution in [0.2, 0.25) is 0 Å². The number of carbonyl (C=O) groups is 1. The molecule has 0 aliphatic heterocycles. The topological polar surface area (TPSA) is 107 Å². The second kappa shape index (κ2) is 7.27. The van der Waals surface area contributed by atoms with E-state index in [-0.39, 0.29) is 17.9 Å². The van der Waals surface area contributed by atoms with E-state index >= 15 is 0 Å². The van der Waals surface area contributed by atoms with Gasteiger partial charge in [-0.25, -0.2) is 4.79 Å². The molecule has 134 valence electrons. The van der Waals surface area contributed by atoms with E-state index in [2.05, 4.69) is 0 Å². The fourth-order valence-electron chi connectivity index (χ4n) is 3.61. The Morgan fingerprint density at radius 1 is 1.36 bits per heavy atom. The lowest BCUT2D eigenvalue weighted by molar-refractivity contribution is -0.698. The number of hydrogen-bond acceptors (Lipinski definition) is 5. The number of nitrogens with two attached hydrogens (primary N) is 1. The molecule has 0 amide bonds. The van der Waals surface area contributed by atoms with Gasteiger partial charge in [-0.3, -0.25) is 0 Å². The first-order chi connectivity index (χ1) is 12.0. The number of aromatic hydroxyl groups is 1. The van der Waals surface area contributed by atoms with E-state index in [1.807, 2.05) is 6.92 Å². The van der Waals surface area contributed by atoms with E-state index in [1.54, 1.807) is 17.4 Å². The van der Waals surface area contributed by atoms with E-state index in [0.717, 1.165) is 48.6 Å². The third-order valence-electron chi connectivity index (χ3n) is 5.00. The summed E-state index contributed by atoms with van der Waals surface area (Å²) >= 11 is 0. The van der Waals surface area contributed by atoms with Crippen molar-refractivity contribution >= 4 is 16.9 Å². The molecule has 0 saturated heterocycles. The van der Waals surface area contributed by atoms with Gasteiger partial charge in [0.2, 0.25) is 0 Å². The highest BCUT2D eigenvalue weighted by molar-refractivity contribution is 5.86. The van der Waals surface area contributed by atoms with Crippen LogP contribution in [0.15, 0.2) is 21.3 Å². The number of quaternary nitrogens is 1. The van der Waals surface area contributed by atoms with E-state index in [0.29, 0.717) is 17.6 Å². The molecule has 1 unspecified atom stereocenters. The molecule has 3 N–H and O–H groups in total. The maximum absolute atomic E-state index is 12.2. The Balaban J connectivity index is 1.96.